The summed E-state index contributed by atoms with van der Waals surface area (Å²) in [6, 6.07) is 14.6. The Morgan fingerprint density at radius 3 is 2.46 bits per heavy atom. The smallest absolute Gasteiger partial charge is 0.410 e. The van der Waals surface area contributed by atoms with Gasteiger partial charge < -0.3 is 25.0 Å². The third-order valence-electron chi connectivity index (χ3n) is 6.13. The minimum absolute atomic E-state index is 0.0859. The van der Waals surface area contributed by atoms with Crippen LogP contribution in [0.3, 0.4) is 0 Å². The molecule has 0 atom stereocenters. The normalized spacial score (nSPS) is 12.8. The lowest BCUT2D eigenvalue weighted by molar-refractivity contribution is -0.113. The fourth-order valence-corrected chi connectivity index (χ4v) is 6.20. The van der Waals surface area contributed by atoms with Crippen molar-refractivity contribution in [3.63, 3.8) is 0 Å². The Hall–Kier alpha value is -3.83. The minimum Gasteiger partial charge on any atom is -0.465 e. The summed E-state index contributed by atoms with van der Waals surface area (Å²) in [5.74, 6) is -0.958. The monoisotopic (exact) mass is 595 g/mol. The second kappa shape index (κ2) is 12.8. The summed E-state index contributed by atoms with van der Waals surface area (Å²) in [5, 5.41) is 6.15. The number of ether oxygens (including phenoxy) is 2. The van der Waals surface area contributed by atoms with Crippen LogP contribution in [0.15, 0.2) is 53.4 Å². The second-order valence-electron chi connectivity index (χ2n) is 10.5. The number of fused-ring (bicyclic) bond motifs is 1. The van der Waals surface area contributed by atoms with Crippen molar-refractivity contribution in [3.8, 4) is 0 Å². The van der Waals surface area contributed by atoms with Crippen molar-refractivity contribution in [2.24, 2.45) is 0 Å². The Balaban J connectivity index is 1.40. The molecule has 2 heterocycles. The molecule has 11 heteroatoms. The number of thiophene rings is 1. The predicted molar refractivity (Wildman–Crippen MR) is 161 cm³/mol. The number of amides is 3. The summed E-state index contributed by atoms with van der Waals surface area (Å²) in [4.78, 5) is 54.0. The van der Waals surface area contributed by atoms with E-state index in [0.29, 0.717) is 34.8 Å². The van der Waals surface area contributed by atoms with E-state index in [1.54, 1.807) is 29.2 Å². The number of anilines is 2. The highest BCUT2D eigenvalue weighted by atomic mass is 32.2. The summed E-state index contributed by atoms with van der Waals surface area (Å²) >= 11 is 2.57. The van der Waals surface area contributed by atoms with Crippen LogP contribution in [0.5, 0.6) is 0 Å². The van der Waals surface area contributed by atoms with E-state index < -0.39 is 17.7 Å². The zero-order chi connectivity index (χ0) is 29.7. The van der Waals surface area contributed by atoms with E-state index in [0.717, 1.165) is 20.9 Å². The summed E-state index contributed by atoms with van der Waals surface area (Å²) < 4.78 is 10.5. The van der Waals surface area contributed by atoms with E-state index >= 15 is 0 Å². The number of hydrogen-bond donors (Lipinski definition) is 2. The molecule has 0 radical (unpaired) electrons. The second-order valence-corrected chi connectivity index (χ2v) is 12.7. The number of carbonyl (C=O) groups is 4. The molecule has 0 bridgehead atoms. The van der Waals surface area contributed by atoms with Gasteiger partial charge in [0.05, 0.1) is 25.0 Å². The first kappa shape index (κ1) is 30.1. The van der Waals surface area contributed by atoms with Gasteiger partial charge in [-0.05, 0) is 70.0 Å². The summed E-state index contributed by atoms with van der Waals surface area (Å²) in [7, 11) is 1.30. The van der Waals surface area contributed by atoms with E-state index in [4.69, 9.17) is 9.47 Å². The van der Waals surface area contributed by atoms with Gasteiger partial charge in [0.2, 0.25) is 5.91 Å². The van der Waals surface area contributed by atoms with Gasteiger partial charge in [-0.1, -0.05) is 23.8 Å². The molecular formula is C30H33N3O6S2. The molecule has 3 amide bonds. The number of esters is 1. The standard InChI is InChI=1S/C30H33N3O6S2/c1-18-9-11-19(12-10-18)26(35)31-20-7-6-8-21(15-20)40-17-24(34)32-27-25(28(36)38-5)22-13-14-33(16-23(22)41-27)29(37)39-30(2,3)4/h6-12,15H,13-14,16-17H2,1-5H3,(H,31,35)(H,32,34). The number of nitrogens with zero attached hydrogens (tertiary/aromatic N) is 1. The molecule has 0 fully saturated rings. The van der Waals surface area contributed by atoms with Gasteiger partial charge in [-0.2, -0.15) is 0 Å². The topological polar surface area (TPSA) is 114 Å². The Morgan fingerprint density at radius 2 is 1.78 bits per heavy atom. The molecule has 0 saturated heterocycles. The highest BCUT2D eigenvalue weighted by molar-refractivity contribution is 8.00. The van der Waals surface area contributed by atoms with Gasteiger partial charge in [0.1, 0.15) is 10.6 Å². The highest BCUT2D eigenvalue weighted by Gasteiger charge is 2.32. The average Bonchev–Trinajstić information content (AvgIpc) is 3.28. The number of aryl methyl sites for hydroxylation is 1. The molecule has 0 unspecified atom stereocenters. The van der Waals surface area contributed by atoms with Gasteiger partial charge in [0, 0.05) is 27.6 Å². The predicted octanol–water partition coefficient (Wildman–Crippen LogP) is 6.12. The molecule has 0 aliphatic carbocycles. The van der Waals surface area contributed by atoms with Crippen molar-refractivity contribution in [2.45, 2.75) is 51.2 Å². The molecule has 2 N–H and O–H groups in total. The number of hydrogen-bond acceptors (Lipinski definition) is 8. The lowest BCUT2D eigenvalue weighted by Crippen LogP contribution is -2.39. The lowest BCUT2D eigenvalue weighted by atomic mass is 10.0. The molecule has 4 rings (SSSR count). The lowest BCUT2D eigenvalue weighted by Gasteiger charge is -2.30. The summed E-state index contributed by atoms with van der Waals surface area (Å²) in [5.41, 5.74) is 2.74. The Morgan fingerprint density at radius 1 is 1.05 bits per heavy atom. The Labute approximate surface area is 247 Å². The summed E-state index contributed by atoms with van der Waals surface area (Å²) in [6.45, 7) is 8.06. The quantitative estimate of drug-likeness (QED) is 0.250. The van der Waals surface area contributed by atoms with Gasteiger partial charge in [0.15, 0.2) is 0 Å². The van der Waals surface area contributed by atoms with Gasteiger partial charge in [0.25, 0.3) is 5.91 Å². The van der Waals surface area contributed by atoms with Gasteiger partial charge in [-0.3, -0.25) is 9.59 Å². The van der Waals surface area contributed by atoms with Gasteiger partial charge in [-0.25, -0.2) is 9.59 Å². The third kappa shape index (κ3) is 7.89. The maximum atomic E-state index is 12.9. The molecule has 2 aromatic carbocycles. The first-order valence-electron chi connectivity index (χ1n) is 13.0. The van der Waals surface area contributed by atoms with Crippen molar-refractivity contribution in [1.82, 2.24) is 4.90 Å². The van der Waals surface area contributed by atoms with Gasteiger partial charge in [-0.15, -0.1) is 23.1 Å². The van der Waals surface area contributed by atoms with Crippen LogP contribution in [0.2, 0.25) is 0 Å². The number of thioether (sulfide) groups is 1. The number of nitrogens with one attached hydrogen (secondary N) is 2. The fraction of sp³-hybridized carbons (Fsp3) is 0.333. The molecule has 9 nitrogen and oxygen atoms in total. The van der Waals surface area contributed by atoms with Crippen molar-refractivity contribution < 1.29 is 28.7 Å². The molecule has 0 spiro atoms. The van der Waals surface area contributed by atoms with Gasteiger partial charge >= 0.3 is 12.1 Å². The van der Waals surface area contributed by atoms with E-state index in [1.165, 1.54) is 30.2 Å². The molecule has 41 heavy (non-hydrogen) atoms. The van der Waals surface area contributed by atoms with E-state index in [9.17, 15) is 19.2 Å². The van der Waals surface area contributed by atoms with Crippen LogP contribution >= 0.6 is 23.1 Å². The maximum absolute atomic E-state index is 12.9. The first-order valence-corrected chi connectivity index (χ1v) is 14.8. The Kier molecular flexibility index (Phi) is 9.39. The van der Waals surface area contributed by atoms with Crippen molar-refractivity contribution in [3.05, 3.63) is 75.7 Å². The van der Waals surface area contributed by atoms with E-state index in [2.05, 4.69) is 10.6 Å². The third-order valence-corrected chi connectivity index (χ3v) is 8.25. The SMILES string of the molecule is COC(=O)c1c(NC(=O)CSc2cccc(NC(=O)c3ccc(C)cc3)c2)sc2c1CCN(C(=O)OC(C)(C)C)C2. The molecule has 1 aliphatic heterocycles. The van der Waals surface area contributed by atoms with Crippen LogP contribution in [0.25, 0.3) is 0 Å². The van der Waals surface area contributed by atoms with Crippen LogP contribution < -0.4 is 10.6 Å². The number of carbonyl (C=O) groups excluding carboxylic acids is 4. The van der Waals surface area contributed by atoms with Crippen LogP contribution in [-0.4, -0.2) is 53.8 Å². The van der Waals surface area contributed by atoms with Crippen LogP contribution in [0.1, 0.15) is 57.5 Å². The molecule has 216 valence electrons. The summed E-state index contributed by atoms with van der Waals surface area (Å²) in [6.07, 6.45) is 0.0248. The van der Waals surface area contributed by atoms with Crippen LogP contribution in [-0.2, 0) is 27.2 Å². The molecular weight excluding hydrogens is 562 g/mol. The molecule has 3 aromatic rings. The van der Waals surface area contributed by atoms with Crippen LogP contribution in [0.4, 0.5) is 15.5 Å². The zero-order valence-corrected chi connectivity index (χ0v) is 25.3. The van der Waals surface area contributed by atoms with E-state index in [1.807, 2.05) is 52.0 Å². The first-order chi connectivity index (χ1) is 19.4. The fourth-order valence-electron chi connectivity index (χ4n) is 4.18. The maximum Gasteiger partial charge on any atom is 0.410 e. The van der Waals surface area contributed by atoms with Crippen LogP contribution in [0, 0.1) is 6.92 Å². The number of benzene rings is 2. The largest absolute Gasteiger partial charge is 0.465 e. The number of rotatable bonds is 7. The van der Waals surface area contributed by atoms with E-state index in [-0.39, 0.29) is 24.1 Å². The zero-order valence-electron chi connectivity index (χ0n) is 23.7. The molecule has 1 aliphatic rings. The molecule has 1 aromatic heterocycles. The van der Waals surface area contributed by atoms with Crippen molar-refractivity contribution in [1.29, 1.82) is 0 Å². The van der Waals surface area contributed by atoms with Crippen molar-refractivity contribution >= 4 is 57.7 Å². The minimum atomic E-state index is -0.618. The number of methoxy groups -OCH3 is 1. The highest BCUT2D eigenvalue weighted by Crippen LogP contribution is 2.38. The Bertz CT molecular complexity index is 1460. The average molecular weight is 596 g/mol. The molecule has 0 saturated carbocycles. The van der Waals surface area contributed by atoms with Crippen molar-refractivity contribution in [2.75, 3.05) is 30.0 Å².